The molecule has 0 bridgehead atoms. The number of ether oxygens (including phenoxy) is 2. The number of aryl methyl sites for hydroxylation is 1. The highest BCUT2D eigenvalue weighted by atomic mass is 16.5. The van der Waals surface area contributed by atoms with Gasteiger partial charge in [0.15, 0.2) is 11.5 Å². The first kappa shape index (κ1) is 30.0. The molecule has 0 spiro atoms. The van der Waals surface area contributed by atoms with E-state index in [9.17, 15) is 9.90 Å². The topological polar surface area (TPSA) is 63.9 Å². The van der Waals surface area contributed by atoms with Gasteiger partial charge in [-0.1, -0.05) is 83.6 Å². The van der Waals surface area contributed by atoms with Crippen molar-refractivity contribution in [3.05, 3.63) is 59.3 Å². The summed E-state index contributed by atoms with van der Waals surface area (Å²) in [6, 6.07) is 14.0. The molecule has 6 heteroatoms. The number of fused-ring (bicyclic) bond motifs is 3. The summed E-state index contributed by atoms with van der Waals surface area (Å²) >= 11 is 0. The van der Waals surface area contributed by atoms with E-state index in [2.05, 4.69) is 66.6 Å². The first-order valence-electron chi connectivity index (χ1n) is 15.4. The molecule has 1 N–H and O–H groups in total. The lowest BCUT2D eigenvalue weighted by Crippen LogP contribution is -2.49. The van der Waals surface area contributed by atoms with Crippen LogP contribution in [0.15, 0.2) is 42.5 Å². The molecular weight excluding hydrogens is 500 g/mol. The van der Waals surface area contributed by atoms with Crippen LogP contribution in [0.4, 0.5) is 0 Å². The standard InChI is InChI=1S/C34H48N2O4/c1-5-8-13-20-35-28-17-12-11-16-26(28)27-24-29(34(37)38)36(21-14-9-6-2)32(33(27)35)25-18-19-30(31(23-25)39-4)40-22-15-10-7-3/h11-12,16-19,23,29,32H,5-10,13-15,20-22,24H2,1-4H3,(H,37,38)/t29-,32-/m0/s1. The quantitative estimate of drug-likeness (QED) is 0.184. The molecule has 0 radical (unpaired) electrons. The van der Waals surface area contributed by atoms with Crippen molar-refractivity contribution >= 4 is 16.9 Å². The lowest BCUT2D eigenvalue weighted by atomic mass is 9.87. The number of aliphatic carboxylic acids is 1. The van der Waals surface area contributed by atoms with Crippen LogP contribution in [0.2, 0.25) is 0 Å². The molecule has 1 aliphatic heterocycles. The number of hydrogen-bond donors (Lipinski definition) is 1. The maximum atomic E-state index is 12.8. The van der Waals surface area contributed by atoms with Gasteiger partial charge in [0.2, 0.25) is 0 Å². The maximum Gasteiger partial charge on any atom is 0.321 e. The summed E-state index contributed by atoms with van der Waals surface area (Å²) in [5.41, 5.74) is 4.68. The van der Waals surface area contributed by atoms with Crippen LogP contribution in [0.1, 0.15) is 101 Å². The first-order chi connectivity index (χ1) is 19.5. The Balaban J connectivity index is 1.86. The Morgan fingerprint density at radius 3 is 2.30 bits per heavy atom. The van der Waals surface area contributed by atoms with Crippen LogP contribution >= 0.6 is 0 Å². The highest BCUT2D eigenvalue weighted by molar-refractivity contribution is 5.88. The predicted octanol–water partition coefficient (Wildman–Crippen LogP) is 8.00. The van der Waals surface area contributed by atoms with Gasteiger partial charge in [-0.3, -0.25) is 9.69 Å². The first-order valence-corrected chi connectivity index (χ1v) is 15.4. The van der Waals surface area contributed by atoms with Gasteiger partial charge in [-0.05, 0) is 55.1 Å². The second-order valence-electron chi connectivity index (χ2n) is 11.1. The summed E-state index contributed by atoms with van der Waals surface area (Å²) in [5, 5.41) is 11.7. The molecule has 2 aromatic carbocycles. The van der Waals surface area contributed by atoms with Crippen LogP contribution in [-0.4, -0.2) is 46.8 Å². The minimum Gasteiger partial charge on any atom is -0.493 e. The molecule has 0 amide bonds. The lowest BCUT2D eigenvalue weighted by Gasteiger charge is -2.41. The van der Waals surface area contributed by atoms with Crippen LogP contribution in [0.5, 0.6) is 11.5 Å². The third-order valence-electron chi connectivity index (χ3n) is 8.31. The van der Waals surface area contributed by atoms with Crippen molar-refractivity contribution in [1.29, 1.82) is 0 Å². The Bertz CT molecular complexity index is 1250. The molecular formula is C34H48N2O4. The van der Waals surface area contributed by atoms with E-state index in [0.717, 1.165) is 75.8 Å². The minimum absolute atomic E-state index is 0.182. The predicted molar refractivity (Wildman–Crippen MR) is 163 cm³/mol. The summed E-state index contributed by atoms with van der Waals surface area (Å²) in [6.07, 6.45) is 10.4. The van der Waals surface area contributed by atoms with E-state index >= 15 is 0 Å². The van der Waals surface area contributed by atoms with Crippen LogP contribution in [0, 0.1) is 0 Å². The smallest absolute Gasteiger partial charge is 0.321 e. The normalized spacial score (nSPS) is 17.2. The zero-order valence-electron chi connectivity index (χ0n) is 25.0. The van der Waals surface area contributed by atoms with Crippen molar-refractivity contribution in [2.45, 2.75) is 104 Å². The van der Waals surface area contributed by atoms with Crippen molar-refractivity contribution in [3.8, 4) is 11.5 Å². The Morgan fingerprint density at radius 2 is 1.60 bits per heavy atom. The third-order valence-corrected chi connectivity index (χ3v) is 8.31. The Kier molecular flexibility index (Phi) is 10.9. The Labute approximate surface area is 240 Å². The second kappa shape index (κ2) is 14.6. The van der Waals surface area contributed by atoms with Gasteiger partial charge >= 0.3 is 5.97 Å². The average Bonchev–Trinajstić information content (AvgIpc) is 3.28. The van der Waals surface area contributed by atoms with E-state index in [1.165, 1.54) is 28.6 Å². The van der Waals surface area contributed by atoms with Crippen LogP contribution in [0.25, 0.3) is 10.9 Å². The molecule has 6 nitrogen and oxygen atoms in total. The number of unbranched alkanes of at least 4 members (excludes halogenated alkanes) is 6. The molecule has 40 heavy (non-hydrogen) atoms. The number of hydrogen-bond acceptors (Lipinski definition) is 4. The molecule has 0 unspecified atom stereocenters. The molecule has 0 saturated carbocycles. The van der Waals surface area contributed by atoms with Crippen molar-refractivity contribution in [2.24, 2.45) is 0 Å². The van der Waals surface area contributed by atoms with Gasteiger partial charge in [0.25, 0.3) is 0 Å². The van der Waals surface area contributed by atoms with Crippen molar-refractivity contribution in [2.75, 3.05) is 20.3 Å². The number of rotatable bonds is 16. The van der Waals surface area contributed by atoms with E-state index in [0.29, 0.717) is 18.8 Å². The number of carboxylic acids is 1. The zero-order valence-corrected chi connectivity index (χ0v) is 25.0. The van der Waals surface area contributed by atoms with Gasteiger partial charge in [0.1, 0.15) is 6.04 Å². The maximum absolute atomic E-state index is 12.8. The van der Waals surface area contributed by atoms with E-state index in [1.54, 1.807) is 7.11 Å². The van der Waals surface area contributed by atoms with Gasteiger partial charge in [-0.2, -0.15) is 0 Å². The average molecular weight is 549 g/mol. The largest absolute Gasteiger partial charge is 0.493 e. The summed E-state index contributed by atoms with van der Waals surface area (Å²) in [7, 11) is 1.69. The molecule has 218 valence electrons. The fourth-order valence-corrected chi connectivity index (χ4v) is 6.25. The molecule has 1 aliphatic rings. The summed E-state index contributed by atoms with van der Waals surface area (Å²) in [4.78, 5) is 15.0. The van der Waals surface area contributed by atoms with E-state index in [1.807, 2.05) is 6.07 Å². The summed E-state index contributed by atoms with van der Waals surface area (Å²) in [6.45, 7) is 8.94. The molecule has 2 atom stereocenters. The number of para-hydroxylation sites is 1. The van der Waals surface area contributed by atoms with Crippen LogP contribution in [0.3, 0.4) is 0 Å². The van der Waals surface area contributed by atoms with Gasteiger partial charge in [-0.15, -0.1) is 0 Å². The lowest BCUT2D eigenvalue weighted by molar-refractivity contribution is -0.144. The van der Waals surface area contributed by atoms with Gasteiger partial charge < -0.3 is 19.1 Å². The van der Waals surface area contributed by atoms with E-state index in [4.69, 9.17) is 9.47 Å². The highest BCUT2D eigenvalue weighted by Crippen LogP contribution is 2.45. The van der Waals surface area contributed by atoms with Crippen LogP contribution < -0.4 is 9.47 Å². The molecule has 2 heterocycles. The molecule has 4 rings (SSSR count). The second-order valence-corrected chi connectivity index (χ2v) is 11.1. The molecule has 0 fully saturated rings. The van der Waals surface area contributed by atoms with Crippen molar-refractivity contribution < 1.29 is 19.4 Å². The fourth-order valence-electron chi connectivity index (χ4n) is 6.25. The number of carbonyl (C=O) groups is 1. The molecule has 0 aliphatic carbocycles. The molecule has 1 aromatic heterocycles. The summed E-state index contributed by atoms with van der Waals surface area (Å²) in [5.74, 6) is 0.696. The molecule has 0 saturated heterocycles. The number of methoxy groups -OCH3 is 1. The monoisotopic (exact) mass is 548 g/mol. The van der Waals surface area contributed by atoms with Crippen molar-refractivity contribution in [1.82, 2.24) is 9.47 Å². The van der Waals surface area contributed by atoms with Crippen molar-refractivity contribution in [3.63, 3.8) is 0 Å². The Morgan fingerprint density at radius 1 is 0.900 bits per heavy atom. The number of nitrogens with zero attached hydrogens (tertiary/aromatic N) is 2. The summed E-state index contributed by atoms with van der Waals surface area (Å²) < 4.78 is 14.4. The van der Waals surface area contributed by atoms with Crippen LogP contribution in [-0.2, 0) is 17.8 Å². The highest BCUT2D eigenvalue weighted by Gasteiger charge is 2.42. The van der Waals surface area contributed by atoms with E-state index < -0.39 is 12.0 Å². The SMILES string of the molecule is CCCCCOc1ccc([C@H]2c3c(c4ccccc4n3CCCCC)C[C@@H](C(=O)O)N2CCCCC)cc1OC. The number of aromatic nitrogens is 1. The zero-order chi connectivity index (χ0) is 28.5. The molecule has 3 aromatic rings. The fraction of sp³-hybridized carbons (Fsp3) is 0.559. The van der Waals surface area contributed by atoms with Gasteiger partial charge in [-0.25, -0.2) is 0 Å². The third kappa shape index (κ3) is 6.49. The number of carboxylic acid groups (broad SMARTS) is 1. The Hall–Kier alpha value is -2.99. The number of benzene rings is 2. The minimum atomic E-state index is -0.752. The van der Waals surface area contributed by atoms with Gasteiger partial charge in [0, 0.05) is 29.6 Å². The van der Waals surface area contributed by atoms with E-state index in [-0.39, 0.29) is 6.04 Å². The van der Waals surface area contributed by atoms with Gasteiger partial charge in [0.05, 0.1) is 19.8 Å².